The SMILES string of the molecule is CCOC(=O)/C=C/CCC[C@H](CO[Si](c1ccccc1)(c1ccccc1)C(C)(C)C)OCOCC[Si](C)(C)C. The average Bonchev–Trinajstić information content (AvgIpc) is 2.88. The van der Waals surface area contributed by atoms with Crippen LogP contribution >= 0.6 is 0 Å². The van der Waals surface area contributed by atoms with Gasteiger partial charge in [-0.2, -0.15) is 0 Å². The predicted molar refractivity (Wildman–Crippen MR) is 167 cm³/mol. The Morgan fingerprint density at radius 2 is 1.54 bits per heavy atom. The molecule has 2 aromatic carbocycles. The van der Waals surface area contributed by atoms with Crippen LogP contribution < -0.4 is 10.4 Å². The number of ether oxygens (including phenoxy) is 3. The molecule has 0 amide bonds. The minimum atomic E-state index is -2.66. The fourth-order valence-corrected chi connectivity index (χ4v) is 9.96. The van der Waals surface area contributed by atoms with Crippen LogP contribution in [0.3, 0.4) is 0 Å². The lowest BCUT2D eigenvalue weighted by Gasteiger charge is -2.43. The van der Waals surface area contributed by atoms with Crippen LogP contribution in [-0.4, -0.2) is 55.1 Å². The number of rotatable bonds is 17. The quantitative estimate of drug-likeness (QED) is 0.0710. The molecule has 0 spiro atoms. The third-order valence-electron chi connectivity index (χ3n) is 6.72. The van der Waals surface area contributed by atoms with Gasteiger partial charge in [0, 0.05) is 20.8 Å². The summed E-state index contributed by atoms with van der Waals surface area (Å²) in [7, 11) is -3.82. The molecule has 0 N–H and O–H groups in total. The van der Waals surface area contributed by atoms with Crippen molar-refractivity contribution in [3.05, 3.63) is 72.8 Å². The van der Waals surface area contributed by atoms with E-state index in [0.717, 1.165) is 31.9 Å². The van der Waals surface area contributed by atoms with Gasteiger partial charge in [0.15, 0.2) is 0 Å². The summed E-state index contributed by atoms with van der Waals surface area (Å²) >= 11 is 0. The molecule has 0 fully saturated rings. The van der Waals surface area contributed by atoms with E-state index in [4.69, 9.17) is 18.6 Å². The van der Waals surface area contributed by atoms with Gasteiger partial charge in [0.1, 0.15) is 6.79 Å². The normalized spacial score (nSPS) is 13.5. The van der Waals surface area contributed by atoms with Crippen LogP contribution in [-0.2, 0) is 23.4 Å². The van der Waals surface area contributed by atoms with Gasteiger partial charge in [-0.05, 0) is 47.6 Å². The van der Waals surface area contributed by atoms with Crippen LogP contribution in [0.4, 0.5) is 0 Å². The molecule has 1 atom stereocenters. The molecule has 0 saturated carbocycles. The lowest BCUT2D eigenvalue weighted by Crippen LogP contribution is -2.67. The number of allylic oxidation sites excluding steroid dienone is 1. The summed E-state index contributed by atoms with van der Waals surface area (Å²) in [5, 5.41) is 2.41. The van der Waals surface area contributed by atoms with Crippen molar-refractivity contribution in [3.63, 3.8) is 0 Å². The highest BCUT2D eigenvalue weighted by atomic mass is 28.4. The van der Waals surface area contributed by atoms with Gasteiger partial charge in [-0.1, -0.05) is 107 Å². The number of hydrogen-bond donors (Lipinski definition) is 0. The molecule has 0 aliphatic carbocycles. The first kappa shape index (κ1) is 33.2. The minimum absolute atomic E-state index is 0.101. The molecule has 7 heteroatoms. The van der Waals surface area contributed by atoms with Crippen LogP contribution in [0.1, 0.15) is 47.0 Å². The van der Waals surface area contributed by atoms with E-state index < -0.39 is 16.4 Å². The van der Waals surface area contributed by atoms with Gasteiger partial charge in [-0.3, -0.25) is 0 Å². The molecular formula is C32H50O5Si2. The summed E-state index contributed by atoms with van der Waals surface area (Å²) in [5.74, 6) is -0.295. The van der Waals surface area contributed by atoms with E-state index in [2.05, 4.69) is 101 Å². The summed E-state index contributed by atoms with van der Waals surface area (Å²) in [4.78, 5) is 11.6. The molecule has 0 aliphatic rings. The number of benzene rings is 2. The van der Waals surface area contributed by atoms with Gasteiger partial charge in [0.25, 0.3) is 8.32 Å². The number of hydrogen-bond acceptors (Lipinski definition) is 5. The highest BCUT2D eigenvalue weighted by Crippen LogP contribution is 2.37. The smallest absolute Gasteiger partial charge is 0.330 e. The van der Waals surface area contributed by atoms with Crippen LogP contribution in [0.2, 0.25) is 30.7 Å². The monoisotopic (exact) mass is 570 g/mol. The van der Waals surface area contributed by atoms with Gasteiger partial charge in [0.2, 0.25) is 0 Å². The topological polar surface area (TPSA) is 54.0 Å². The first-order valence-electron chi connectivity index (χ1n) is 14.3. The second-order valence-corrected chi connectivity index (χ2v) is 22.1. The fourth-order valence-electron chi connectivity index (χ4n) is 4.61. The maximum atomic E-state index is 11.6. The Hall–Kier alpha value is -2.04. The van der Waals surface area contributed by atoms with Crippen molar-refractivity contribution in [1.29, 1.82) is 0 Å². The first-order valence-corrected chi connectivity index (χ1v) is 19.9. The molecule has 0 radical (unpaired) electrons. The summed E-state index contributed by atoms with van der Waals surface area (Å²) < 4.78 is 24.3. The highest BCUT2D eigenvalue weighted by Gasteiger charge is 2.50. The molecule has 2 rings (SSSR count). The molecule has 0 saturated heterocycles. The molecular weight excluding hydrogens is 521 g/mol. The second-order valence-electron chi connectivity index (χ2n) is 12.2. The molecule has 0 bridgehead atoms. The number of carbonyl (C=O) groups is 1. The molecule has 39 heavy (non-hydrogen) atoms. The Bertz CT molecular complexity index is 942. The minimum Gasteiger partial charge on any atom is -0.463 e. The Morgan fingerprint density at radius 3 is 2.05 bits per heavy atom. The molecule has 0 heterocycles. The van der Waals surface area contributed by atoms with Crippen molar-refractivity contribution in [3.8, 4) is 0 Å². The lowest BCUT2D eigenvalue weighted by molar-refractivity contribution is -0.137. The molecule has 0 aliphatic heterocycles. The van der Waals surface area contributed by atoms with Crippen LogP contribution in [0.5, 0.6) is 0 Å². The van der Waals surface area contributed by atoms with Gasteiger partial charge in [-0.15, -0.1) is 0 Å². The van der Waals surface area contributed by atoms with Crippen LogP contribution in [0.25, 0.3) is 0 Å². The van der Waals surface area contributed by atoms with Crippen LogP contribution in [0.15, 0.2) is 72.8 Å². The van der Waals surface area contributed by atoms with E-state index in [1.807, 2.05) is 13.0 Å². The number of unbranched alkanes of at least 4 members (excludes halogenated alkanes) is 1. The summed E-state index contributed by atoms with van der Waals surface area (Å²) in [5.41, 5.74) is 0. The Balaban J connectivity index is 2.20. The maximum absolute atomic E-state index is 11.6. The predicted octanol–water partition coefficient (Wildman–Crippen LogP) is 6.55. The molecule has 2 aromatic rings. The molecule has 0 unspecified atom stereocenters. The number of esters is 1. The highest BCUT2D eigenvalue weighted by molar-refractivity contribution is 6.99. The zero-order chi connectivity index (χ0) is 28.8. The summed E-state index contributed by atoms with van der Waals surface area (Å²) in [6, 6.07) is 22.5. The maximum Gasteiger partial charge on any atom is 0.330 e. The van der Waals surface area contributed by atoms with E-state index in [0.29, 0.717) is 13.2 Å². The molecule has 216 valence electrons. The average molecular weight is 571 g/mol. The van der Waals surface area contributed by atoms with Gasteiger partial charge >= 0.3 is 5.97 Å². The third kappa shape index (κ3) is 11.2. The Morgan fingerprint density at radius 1 is 0.949 bits per heavy atom. The summed E-state index contributed by atoms with van der Waals surface area (Å²) in [6.45, 7) is 17.6. The van der Waals surface area contributed by atoms with Crippen molar-refractivity contribution in [2.24, 2.45) is 0 Å². The largest absolute Gasteiger partial charge is 0.463 e. The Labute approximate surface area is 239 Å². The van der Waals surface area contributed by atoms with Crippen molar-refractivity contribution in [2.45, 2.75) is 83.8 Å². The van der Waals surface area contributed by atoms with Crippen molar-refractivity contribution in [2.75, 3.05) is 26.6 Å². The van der Waals surface area contributed by atoms with E-state index in [1.54, 1.807) is 0 Å². The number of carbonyl (C=O) groups excluding carboxylic acids is 1. The van der Waals surface area contributed by atoms with Gasteiger partial charge in [0.05, 0.1) is 19.3 Å². The van der Waals surface area contributed by atoms with Crippen LogP contribution in [0, 0.1) is 0 Å². The van der Waals surface area contributed by atoms with E-state index in [1.165, 1.54) is 16.4 Å². The summed E-state index contributed by atoms with van der Waals surface area (Å²) in [6.07, 6.45) is 5.73. The zero-order valence-corrected chi connectivity index (χ0v) is 27.2. The third-order valence-corrected chi connectivity index (χ3v) is 13.4. The Kier molecular flexibility index (Phi) is 13.8. The van der Waals surface area contributed by atoms with Crippen molar-refractivity contribution in [1.82, 2.24) is 0 Å². The standard InChI is InChI=1S/C32H50O5Si2/c1-8-35-31(33)23-17-9-12-18-28(36-27-34-24-25-38(5,6)7)26-37-39(32(2,3)4,29-19-13-10-14-20-29)30-21-15-11-16-22-30/h10-11,13-17,19-23,28H,8-9,12,18,24-27H2,1-7H3/b23-17+/t28-/m1/s1. The van der Waals surface area contributed by atoms with E-state index in [-0.39, 0.29) is 23.9 Å². The first-order chi connectivity index (χ1) is 18.5. The lowest BCUT2D eigenvalue weighted by atomic mass is 10.1. The molecule has 0 aromatic heterocycles. The molecule has 5 nitrogen and oxygen atoms in total. The zero-order valence-electron chi connectivity index (χ0n) is 25.2. The second kappa shape index (κ2) is 16.3. The van der Waals surface area contributed by atoms with E-state index >= 15 is 0 Å². The van der Waals surface area contributed by atoms with Gasteiger partial charge in [-0.25, -0.2) is 4.79 Å². The van der Waals surface area contributed by atoms with Crippen molar-refractivity contribution < 1.29 is 23.4 Å². The van der Waals surface area contributed by atoms with E-state index in [9.17, 15) is 4.79 Å². The van der Waals surface area contributed by atoms with Gasteiger partial charge < -0.3 is 18.6 Å². The van der Waals surface area contributed by atoms with Crippen molar-refractivity contribution >= 4 is 32.7 Å². The fraction of sp³-hybridized carbons (Fsp3) is 0.531.